The van der Waals surface area contributed by atoms with Crippen LogP contribution in [0.15, 0.2) is 50.7 Å². The number of aliphatic imine (C=N–C) groups is 2. The van der Waals surface area contributed by atoms with Crippen molar-refractivity contribution in [3.63, 3.8) is 0 Å². The second-order valence-corrected chi connectivity index (χ2v) is 8.51. The highest BCUT2D eigenvalue weighted by Gasteiger charge is 2.30. The van der Waals surface area contributed by atoms with Gasteiger partial charge in [-0.3, -0.25) is 4.99 Å². The van der Waals surface area contributed by atoms with E-state index in [1.54, 1.807) is 12.1 Å². The third kappa shape index (κ3) is 5.02. The Bertz CT molecular complexity index is 1010. The zero-order chi connectivity index (χ0) is 22.7. The molecule has 32 heavy (non-hydrogen) atoms. The van der Waals surface area contributed by atoms with Crippen molar-refractivity contribution in [1.29, 1.82) is 0 Å². The minimum atomic E-state index is -1.08. The summed E-state index contributed by atoms with van der Waals surface area (Å²) in [5.41, 5.74) is 1.88. The van der Waals surface area contributed by atoms with Crippen LogP contribution in [0.25, 0.3) is 0 Å². The summed E-state index contributed by atoms with van der Waals surface area (Å²) in [5.74, 6) is -0.687. The average molecular weight is 461 g/mol. The maximum Gasteiger partial charge on any atom is 0.339 e. The van der Waals surface area contributed by atoms with Gasteiger partial charge in [0.2, 0.25) is 0 Å². The third-order valence-corrected chi connectivity index (χ3v) is 6.02. The fraction of sp³-hybridized carbons (Fsp3) is 0.435. The summed E-state index contributed by atoms with van der Waals surface area (Å²) in [6.07, 6.45) is 6.15. The SMILES string of the molecule is C[C@@H](CCNC1=C(C(=O)O)C=NC2CC=C(Cl)N=C12)Oc1ccc(F)cc1[C@H]1CCCN1. The first kappa shape index (κ1) is 22.5. The zero-order valence-corrected chi connectivity index (χ0v) is 18.5. The molecule has 3 N–H and O–H groups in total. The van der Waals surface area contributed by atoms with Gasteiger partial charge in [0, 0.05) is 30.8 Å². The number of dihydropyridines is 1. The largest absolute Gasteiger partial charge is 0.490 e. The van der Waals surface area contributed by atoms with Gasteiger partial charge in [-0.05, 0) is 57.0 Å². The smallest absolute Gasteiger partial charge is 0.339 e. The highest BCUT2D eigenvalue weighted by Crippen LogP contribution is 2.32. The third-order valence-electron chi connectivity index (χ3n) is 5.78. The predicted molar refractivity (Wildman–Crippen MR) is 122 cm³/mol. The number of rotatable bonds is 8. The standard InChI is InChI=1S/C23H26ClFN4O3/c1-13(32-19-6-4-14(25)11-15(19)17-3-2-9-26-17)8-10-27-21-16(23(30)31)12-28-18-5-7-20(24)29-22(18)21/h4,6-7,11-13,17-18,26-27H,2-3,5,8-10H2,1H3,(H,30,31)/t13-,17+,18?/m0/s1. The van der Waals surface area contributed by atoms with E-state index >= 15 is 0 Å². The van der Waals surface area contributed by atoms with Crippen molar-refractivity contribution in [2.75, 3.05) is 13.1 Å². The van der Waals surface area contributed by atoms with Crippen LogP contribution >= 0.6 is 11.6 Å². The minimum Gasteiger partial charge on any atom is -0.490 e. The van der Waals surface area contributed by atoms with Gasteiger partial charge in [-0.25, -0.2) is 14.2 Å². The van der Waals surface area contributed by atoms with Gasteiger partial charge in [0.1, 0.15) is 22.3 Å². The van der Waals surface area contributed by atoms with E-state index in [4.69, 9.17) is 16.3 Å². The van der Waals surface area contributed by atoms with E-state index in [2.05, 4.69) is 20.6 Å². The van der Waals surface area contributed by atoms with Crippen molar-refractivity contribution < 1.29 is 19.0 Å². The maximum atomic E-state index is 13.8. The number of aliphatic carboxylic acids is 1. The van der Waals surface area contributed by atoms with Crippen molar-refractivity contribution in [3.05, 3.63) is 52.1 Å². The van der Waals surface area contributed by atoms with Crippen molar-refractivity contribution in [1.82, 2.24) is 10.6 Å². The molecule has 1 fully saturated rings. The van der Waals surface area contributed by atoms with Crippen LogP contribution in [-0.2, 0) is 4.79 Å². The van der Waals surface area contributed by atoms with Gasteiger partial charge in [-0.1, -0.05) is 11.6 Å². The van der Waals surface area contributed by atoms with Crippen LogP contribution in [-0.4, -0.2) is 48.2 Å². The normalized spacial score (nSPS) is 23.3. The first-order valence-corrected chi connectivity index (χ1v) is 11.2. The van der Waals surface area contributed by atoms with Crippen LogP contribution in [0.4, 0.5) is 4.39 Å². The summed E-state index contributed by atoms with van der Waals surface area (Å²) >= 11 is 6.06. The van der Waals surface area contributed by atoms with E-state index in [9.17, 15) is 14.3 Å². The molecule has 3 heterocycles. The van der Waals surface area contributed by atoms with E-state index in [0.717, 1.165) is 24.9 Å². The van der Waals surface area contributed by atoms with E-state index in [1.807, 2.05) is 6.92 Å². The summed E-state index contributed by atoms with van der Waals surface area (Å²) < 4.78 is 20.0. The summed E-state index contributed by atoms with van der Waals surface area (Å²) in [6, 6.07) is 4.47. The molecule has 0 radical (unpaired) electrons. The number of fused-ring (bicyclic) bond motifs is 1. The molecule has 7 nitrogen and oxygen atoms in total. The summed E-state index contributed by atoms with van der Waals surface area (Å²) in [4.78, 5) is 20.3. The van der Waals surface area contributed by atoms with Crippen LogP contribution in [0.5, 0.6) is 5.75 Å². The molecule has 4 rings (SSSR count). The Morgan fingerprint density at radius 2 is 2.31 bits per heavy atom. The minimum absolute atomic E-state index is 0.0630. The van der Waals surface area contributed by atoms with E-state index in [-0.39, 0.29) is 29.6 Å². The molecule has 3 aliphatic rings. The first-order valence-electron chi connectivity index (χ1n) is 10.8. The number of ether oxygens (including phenoxy) is 1. The highest BCUT2D eigenvalue weighted by molar-refractivity contribution is 6.31. The van der Waals surface area contributed by atoms with Crippen molar-refractivity contribution >= 4 is 29.5 Å². The molecule has 1 aromatic rings. The molecule has 0 spiro atoms. The molecule has 3 aliphatic heterocycles. The molecule has 0 aliphatic carbocycles. The Morgan fingerprint density at radius 1 is 1.47 bits per heavy atom. The van der Waals surface area contributed by atoms with Crippen molar-refractivity contribution in [2.24, 2.45) is 9.98 Å². The Kier molecular flexibility index (Phi) is 6.91. The number of hydrogen-bond donors (Lipinski definition) is 3. The second-order valence-electron chi connectivity index (χ2n) is 8.12. The molecule has 9 heteroatoms. The van der Waals surface area contributed by atoms with Crippen LogP contribution in [0, 0.1) is 5.82 Å². The lowest BCUT2D eigenvalue weighted by Gasteiger charge is -2.26. The number of halogens is 2. The van der Waals surface area contributed by atoms with Gasteiger partial charge >= 0.3 is 5.97 Å². The molecule has 1 aromatic carbocycles. The first-order chi connectivity index (χ1) is 15.4. The molecule has 0 amide bonds. The Morgan fingerprint density at radius 3 is 3.06 bits per heavy atom. The monoisotopic (exact) mass is 460 g/mol. The van der Waals surface area contributed by atoms with Crippen LogP contribution < -0.4 is 15.4 Å². The molecule has 0 bridgehead atoms. The molecular formula is C23H26ClFN4O3. The van der Waals surface area contributed by atoms with Gasteiger partial charge in [0.05, 0.1) is 23.6 Å². The van der Waals surface area contributed by atoms with Gasteiger partial charge in [0.25, 0.3) is 0 Å². The number of nitrogens with zero attached hydrogens (tertiary/aromatic N) is 2. The number of carboxylic acid groups (broad SMARTS) is 1. The summed E-state index contributed by atoms with van der Waals surface area (Å²) in [7, 11) is 0. The van der Waals surface area contributed by atoms with E-state index < -0.39 is 5.97 Å². The average Bonchev–Trinajstić information content (AvgIpc) is 3.29. The zero-order valence-electron chi connectivity index (χ0n) is 17.8. The predicted octanol–water partition coefficient (Wildman–Crippen LogP) is 3.71. The number of carboxylic acids is 1. The number of hydrogen-bond acceptors (Lipinski definition) is 6. The topological polar surface area (TPSA) is 95.3 Å². The van der Waals surface area contributed by atoms with Crippen LogP contribution in [0.1, 0.15) is 44.2 Å². The van der Waals surface area contributed by atoms with Gasteiger partial charge in [-0.2, -0.15) is 0 Å². The molecular weight excluding hydrogens is 435 g/mol. The van der Waals surface area contributed by atoms with Crippen molar-refractivity contribution in [3.8, 4) is 5.75 Å². The lowest BCUT2D eigenvalue weighted by Crippen LogP contribution is -2.37. The van der Waals surface area contributed by atoms with Gasteiger partial charge in [0.15, 0.2) is 0 Å². The maximum absolute atomic E-state index is 13.8. The van der Waals surface area contributed by atoms with Crippen LogP contribution in [0.3, 0.4) is 0 Å². The number of carbonyl (C=O) groups is 1. The van der Waals surface area contributed by atoms with Crippen molar-refractivity contribution in [2.45, 2.75) is 50.8 Å². The number of nitrogens with one attached hydrogen (secondary N) is 2. The fourth-order valence-corrected chi connectivity index (χ4v) is 4.33. The van der Waals surface area contributed by atoms with Gasteiger partial charge in [-0.15, -0.1) is 0 Å². The summed E-state index contributed by atoms with van der Waals surface area (Å²) in [5, 5.41) is 16.5. The molecule has 1 saturated heterocycles. The lowest BCUT2D eigenvalue weighted by atomic mass is 9.97. The molecule has 170 valence electrons. The lowest BCUT2D eigenvalue weighted by molar-refractivity contribution is -0.132. The quantitative estimate of drug-likeness (QED) is 0.514. The fourth-order valence-electron chi connectivity index (χ4n) is 4.15. The molecule has 1 unspecified atom stereocenters. The Hall–Kier alpha value is -2.71. The second kappa shape index (κ2) is 9.83. The number of benzene rings is 1. The van der Waals surface area contributed by atoms with E-state index in [1.165, 1.54) is 18.3 Å². The Labute approximate surface area is 191 Å². The molecule has 0 aromatic heterocycles. The summed E-state index contributed by atoms with van der Waals surface area (Å²) in [6.45, 7) is 3.31. The van der Waals surface area contributed by atoms with Gasteiger partial charge < -0.3 is 20.5 Å². The van der Waals surface area contributed by atoms with E-state index in [0.29, 0.717) is 41.7 Å². The Balaban J connectivity index is 1.42. The molecule has 3 atom stereocenters. The van der Waals surface area contributed by atoms with Crippen LogP contribution in [0.2, 0.25) is 0 Å². The highest BCUT2D eigenvalue weighted by atomic mass is 35.5. The molecule has 0 saturated carbocycles.